The fraction of sp³-hybridized carbons (Fsp3) is 0.714. The first-order chi connectivity index (χ1) is 5.20. The van der Waals surface area contributed by atoms with Crippen molar-refractivity contribution in [2.24, 2.45) is 5.10 Å². The van der Waals surface area contributed by atoms with Crippen molar-refractivity contribution in [3.05, 3.63) is 0 Å². The normalized spacial score (nSPS) is 11.4. The number of rotatable bonds is 3. The Balaban J connectivity index is 3.63. The Morgan fingerprint density at radius 3 is 2.73 bits per heavy atom. The molecule has 0 aromatic rings. The van der Waals surface area contributed by atoms with Gasteiger partial charge in [0.1, 0.15) is 0 Å². The van der Waals surface area contributed by atoms with Gasteiger partial charge >= 0.3 is 0 Å². The van der Waals surface area contributed by atoms with Crippen LogP contribution in [0.3, 0.4) is 0 Å². The quantitative estimate of drug-likeness (QED) is 0.420. The molecule has 0 spiro atoms. The van der Waals surface area contributed by atoms with Gasteiger partial charge in [0.05, 0.1) is 0 Å². The van der Waals surface area contributed by atoms with Crippen molar-refractivity contribution in [1.82, 2.24) is 5.43 Å². The van der Waals surface area contributed by atoms with E-state index < -0.39 is 0 Å². The predicted molar refractivity (Wildman–Crippen MR) is 57.3 cm³/mol. The molecule has 0 fully saturated rings. The summed E-state index contributed by atoms with van der Waals surface area (Å²) in [4.78, 5) is 0. The van der Waals surface area contributed by atoms with E-state index in [9.17, 15) is 0 Å². The van der Waals surface area contributed by atoms with E-state index in [0.717, 1.165) is 22.9 Å². The monoisotopic (exact) mass is 190 g/mol. The molecule has 64 valence electrons. The van der Waals surface area contributed by atoms with Crippen LogP contribution < -0.4 is 5.43 Å². The highest BCUT2D eigenvalue weighted by Crippen LogP contribution is 1.95. The zero-order valence-electron chi connectivity index (χ0n) is 7.18. The lowest BCUT2D eigenvalue weighted by atomic mass is 10.2. The van der Waals surface area contributed by atoms with Gasteiger partial charge in [-0.2, -0.15) is 5.10 Å². The van der Waals surface area contributed by atoms with Crippen molar-refractivity contribution in [2.45, 2.75) is 26.7 Å². The van der Waals surface area contributed by atoms with Crippen LogP contribution in [0, 0.1) is 0 Å². The largest absolute Gasteiger partial charge is 0.262 e. The fourth-order valence-corrected chi connectivity index (χ4v) is 0.787. The number of hydrazone groups is 1. The molecular formula is C7H14N2S2. The van der Waals surface area contributed by atoms with Crippen LogP contribution in [0.4, 0.5) is 0 Å². The maximum atomic E-state index is 4.90. The Hall–Kier alpha value is -0.0900. The zero-order chi connectivity index (χ0) is 8.69. The molecular weight excluding hydrogens is 176 g/mol. The van der Waals surface area contributed by atoms with Crippen molar-refractivity contribution >= 4 is 34.0 Å². The Morgan fingerprint density at radius 1 is 1.64 bits per heavy atom. The summed E-state index contributed by atoms with van der Waals surface area (Å²) in [6.45, 7) is 4.13. The highest BCUT2D eigenvalue weighted by molar-refractivity contribution is 8.22. The summed E-state index contributed by atoms with van der Waals surface area (Å²) in [6.07, 6.45) is 4.09. The molecule has 0 saturated carbocycles. The molecule has 11 heavy (non-hydrogen) atoms. The van der Waals surface area contributed by atoms with Gasteiger partial charge in [-0.25, -0.2) is 0 Å². The summed E-state index contributed by atoms with van der Waals surface area (Å²) >= 11 is 6.40. The first kappa shape index (κ1) is 10.9. The van der Waals surface area contributed by atoms with Crippen molar-refractivity contribution in [3.8, 4) is 0 Å². The summed E-state index contributed by atoms with van der Waals surface area (Å²) in [7, 11) is 0. The van der Waals surface area contributed by atoms with Gasteiger partial charge in [-0.1, -0.05) is 37.3 Å². The topological polar surface area (TPSA) is 24.4 Å². The first-order valence-electron chi connectivity index (χ1n) is 3.57. The van der Waals surface area contributed by atoms with Gasteiger partial charge in [0.25, 0.3) is 0 Å². The minimum Gasteiger partial charge on any atom is -0.262 e. The lowest BCUT2D eigenvalue weighted by Crippen LogP contribution is -2.12. The third-order valence-corrected chi connectivity index (χ3v) is 2.19. The summed E-state index contributed by atoms with van der Waals surface area (Å²) in [6, 6.07) is 0. The van der Waals surface area contributed by atoms with Gasteiger partial charge in [-0.3, -0.25) is 5.43 Å². The highest BCUT2D eigenvalue weighted by atomic mass is 32.2. The first-order valence-corrected chi connectivity index (χ1v) is 5.21. The molecule has 0 radical (unpaired) electrons. The molecule has 1 N–H and O–H groups in total. The van der Waals surface area contributed by atoms with Gasteiger partial charge < -0.3 is 0 Å². The van der Waals surface area contributed by atoms with E-state index in [1.807, 2.05) is 13.2 Å². The maximum absolute atomic E-state index is 4.90. The average Bonchev–Trinajstić information content (AvgIpc) is 2.01. The van der Waals surface area contributed by atoms with E-state index in [0.29, 0.717) is 0 Å². The number of hydrogen-bond acceptors (Lipinski definition) is 3. The summed E-state index contributed by atoms with van der Waals surface area (Å²) in [5.41, 5.74) is 3.90. The van der Waals surface area contributed by atoms with E-state index in [2.05, 4.69) is 17.5 Å². The molecule has 0 rings (SSSR count). The smallest absolute Gasteiger partial charge is 0.153 e. The molecule has 0 bridgehead atoms. The van der Waals surface area contributed by atoms with Gasteiger partial charge in [0, 0.05) is 5.71 Å². The molecule has 4 heteroatoms. The van der Waals surface area contributed by atoms with Crippen LogP contribution in [0.25, 0.3) is 0 Å². The molecule has 0 atom stereocenters. The highest BCUT2D eigenvalue weighted by Gasteiger charge is 1.90. The SMILES string of the molecule is CCC/C(C)=N\NC(=S)SC. The van der Waals surface area contributed by atoms with Gasteiger partial charge in [0.15, 0.2) is 4.32 Å². The molecule has 0 aromatic heterocycles. The second-order valence-corrected chi connectivity index (χ2v) is 3.68. The molecule has 0 heterocycles. The lowest BCUT2D eigenvalue weighted by Gasteiger charge is -1.99. The van der Waals surface area contributed by atoms with E-state index in [1.165, 1.54) is 11.8 Å². The van der Waals surface area contributed by atoms with E-state index >= 15 is 0 Å². The molecule has 0 aliphatic carbocycles. The maximum Gasteiger partial charge on any atom is 0.153 e. The molecule has 0 amide bonds. The second-order valence-electron chi connectivity index (χ2n) is 2.20. The number of hydrogen-bond donors (Lipinski definition) is 1. The van der Waals surface area contributed by atoms with Gasteiger partial charge in [0.2, 0.25) is 0 Å². The van der Waals surface area contributed by atoms with Gasteiger partial charge in [-0.15, -0.1) is 0 Å². The third-order valence-electron chi connectivity index (χ3n) is 1.14. The van der Waals surface area contributed by atoms with E-state index in [-0.39, 0.29) is 0 Å². The lowest BCUT2D eigenvalue weighted by molar-refractivity contribution is 0.954. The Bertz CT molecular complexity index is 155. The van der Waals surface area contributed by atoms with Crippen LogP contribution in [0.1, 0.15) is 26.7 Å². The summed E-state index contributed by atoms with van der Waals surface area (Å²) < 4.78 is 0.723. The molecule has 2 nitrogen and oxygen atoms in total. The standard InChI is InChI=1S/C7H14N2S2/c1-4-5-6(2)8-9-7(10)11-3/h4-5H2,1-3H3,(H,9,10)/b8-6-. The Kier molecular flexibility index (Phi) is 6.56. The van der Waals surface area contributed by atoms with Crippen LogP contribution in [0.2, 0.25) is 0 Å². The molecule has 0 aliphatic heterocycles. The van der Waals surface area contributed by atoms with E-state index in [1.54, 1.807) is 0 Å². The molecule has 0 aliphatic rings. The molecule has 0 aromatic carbocycles. The summed E-state index contributed by atoms with van der Waals surface area (Å²) in [5.74, 6) is 0. The second kappa shape index (κ2) is 6.61. The Morgan fingerprint density at radius 2 is 2.27 bits per heavy atom. The number of thiocarbonyl (C=S) groups is 1. The van der Waals surface area contributed by atoms with Crippen molar-refractivity contribution in [1.29, 1.82) is 0 Å². The fourth-order valence-electron chi connectivity index (χ4n) is 0.604. The van der Waals surface area contributed by atoms with Crippen LogP contribution in [0.5, 0.6) is 0 Å². The van der Waals surface area contributed by atoms with Crippen molar-refractivity contribution in [2.75, 3.05) is 6.26 Å². The number of thioether (sulfide) groups is 1. The zero-order valence-corrected chi connectivity index (χ0v) is 8.81. The van der Waals surface area contributed by atoms with Crippen LogP contribution in [0.15, 0.2) is 5.10 Å². The number of nitrogens with zero attached hydrogens (tertiary/aromatic N) is 1. The third kappa shape index (κ3) is 6.31. The summed E-state index contributed by atoms with van der Waals surface area (Å²) in [5, 5.41) is 4.09. The van der Waals surface area contributed by atoms with Gasteiger partial charge in [-0.05, 0) is 19.6 Å². The minimum atomic E-state index is 0.723. The predicted octanol–water partition coefficient (Wildman–Crippen LogP) is 2.40. The van der Waals surface area contributed by atoms with Crippen LogP contribution >= 0.6 is 24.0 Å². The number of nitrogens with one attached hydrogen (secondary N) is 1. The van der Waals surface area contributed by atoms with Crippen molar-refractivity contribution < 1.29 is 0 Å². The minimum absolute atomic E-state index is 0.723. The average molecular weight is 190 g/mol. The van der Waals surface area contributed by atoms with Crippen molar-refractivity contribution in [3.63, 3.8) is 0 Å². The molecule has 0 saturated heterocycles. The Labute approximate surface area is 77.8 Å². The van der Waals surface area contributed by atoms with Crippen LogP contribution in [-0.4, -0.2) is 16.3 Å². The van der Waals surface area contributed by atoms with Crippen LogP contribution in [-0.2, 0) is 0 Å². The van der Waals surface area contributed by atoms with E-state index in [4.69, 9.17) is 12.2 Å². The molecule has 0 unspecified atom stereocenters.